The molecule has 0 fully saturated rings. The lowest BCUT2D eigenvalue weighted by atomic mass is 9.85. The van der Waals surface area contributed by atoms with Crippen molar-refractivity contribution in [3.8, 4) is 11.5 Å². The van der Waals surface area contributed by atoms with Crippen LogP contribution in [0.2, 0.25) is 10.0 Å². The fourth-order valence-corrected chi connectivity index (χ4v) is 9.44. The number of fused-ring (bicyclic) bond motifs is 6. The third-order valence-corrected chi connectivity index (χ3v) is 12.1. The summed E-state index contributed by atoms with van der Waals surface area (Å²) in [6.07, 6.45) is 4.87. The van der Waals surface area contributed by atoms with Gasteiger partial charge in [-0.15, -0.1) is 0 Å². The summed E-state index contributed by atoms with van der Waals surface area (Å²) in [6.45, 7) is 5.63. The van der Waals surface area contributed by atoms with Gasteiger partial charge in [0.05, 0.1) is 80.2 Å². The second-order valence-corrected chi connectivity index (χ2v) is 15.8. The first-order chi connectivity index (χ1) is 29.3. The molecule has 0 saturated carbocycles. The molecule has 2 unspecified atom stereocenters. The molecular weight excluding hydrogens is 803 g/mol. The number of carbonyl (C=O) groups is 2. The fourth-order valence-electron chi connectivity index (χ4n) is 8.92. The largest absolute Gasteiger partial charge is 0.496 e. The van der Waals surface area contributed by atoms with Crippen LogP contribution in [-0.2, 0) is 62.9 Å². The van der Waals surface area contributed by atoms with E-state index in [-0.39, 0.29) is 11.9 Å². The van der Waals surface area contributed by atoms with Crippen LogP contribution in [0.1, 0.15) is 78.1 Å². The van der Waals surface area contributed by atoms with Gasteiger partial charge in [-0.3, -0.25) is 9.59 Å². The Bertz CT molecular complexity index is 2430. The highest BCUT2D eigenvalue weighted by Gasteiger charge is 2.36. The van der Waals surface area contributed by atoms with Crippen LogP contribution in [0.4, 0.5) is 0 Å². The zero-order chi connectivity index (χ0) is 42.2. The maximum Gasteiger partial charge on any atom is 0.313 e. The van der Waals surface area contributed by atoms with Gasteiger partial charge in [0.2, 0.25) is 0 Å². The van der Waals surface area contributed by atoms with Gasteiger partial charge in [0.25, 0.3) is 0 Å². The van der Waals surface area contributed by atoms with Gasteiger partial charge in [0.15, 0.2) is 0 Å². The lowest BCUT2D eigenvalue weighted by Crippen LogP contribution is -2.22. The molecule has 2 heterocycles. The first-order valence-electron chi connectivity index (χ1n) is 20.6. The average Bonchev–Trinajstić information content (AvgIpc) is 3.79. The standard InChI is InChI=1S/C25H28ClNO4.C23H24ClNO4/c1-3-31-25(28)18-10-7-11-20-22(18)23-21(29-2)13-12-19(26)24(23)27(20)14-15-30-16-17-8-5-4-6-9-17;1-28-19-11-10-17(24)22-21(19)20-16(23(26)27)8-5-9-18(20)25(22)12-13-29-14-15-6-3-2-4-7-15/h4-6,8-9,12-13,18H,3,7,10-11,14-16H2,1-2H3;2-4,6-7,10-11,16H,5,8-9,12-14H2,1H3,(H,26,27). The van der Waals surface area contributed by atoms with Crippen LogP contribution >= 0.6 is 23.2 Å². The van der Waals surface area contributed by atoms with E-state index in [1.165, 1.54) is 0 Å². The smallest absolute Gasteiger partial charge is 0.313 e. The fraction of sp³-hybridized carbons (Fsp3) is 0.375. The Morgan fingerprint density at radius 2 is 1.12 bits per heavy atom. The van der Waals surface area contributed by atoms with Crippen LogP contribution in [0, 0.1) is 0 Å². The predicted molar refractivity (Wildman–Crippen MR) is 235 cm³/mol. The summed E-state index contributed by atoms with van der Waals surface area (Å²) in [4.78, 5) is 24.7. The van der Waals surface area contributed by atoms with Crippen molar-refractivity contribution in [2.24, 2.45) is 0 Å². The maximum atomic E-state index is 12.8. The molecule has 2 aromatic heterocycles. The Hall–Kier alpha value is -5.00. The Morgan fingerprint density at radius 1 is 0.667 bits per heavy atom. The van der Waals surface area contributed by atoms with Gasteiger partial charge in [-0.1, -0.05) is 83.9 Å². The van der Waals surface area contributed by atoms with Crippen molar-refractivity contribution in [2.45, 2.75) is 83.6 Å². The van der Waals surface area contributed by atoms with Crippen LogP contribution in [0.5, 0.6) is 11.5 Å². The summed E-state index contributed by atoms with van der Waals surface area (Å²) >= 11 is 13.3. The molecule has 8 rings (SSSR count). The lowest BCUT2D eigenvalue weighted by molar-refractivity contribution is -0.145. The molecule has 12 heteroatoms. The summed E-state index contributed by atoms with van der Waals surface area (Å²) in [5.41, 5.74) is 8.03. The third kappa shape index (κ3) is 9.03. The van der Waals surface area contributed by atoms with Gasteiger partial charge >= 0.3 is 11.9 Å². The Kier molecular flexibility index (Phi) is 14.4. The number of aliphatic carboxylic acids is 1. The molecular formula is C48H52Cl2N2O8. The highest BCUT2D eigenvalue weighted by atomic mass is 35.5. The summed E-state index contributed by atoms with van der Waals surface area (Å²) in [5, 5.41) is 12.8. The number of ether oxygens (including phenoxy) is 5. The van der Waals surface area contributed by atoms with E-state index in [4.69, 9.17) is 46.9 Å². The molecule has 4 aromatic carbocycles. The van der Waals surface area contributed by atoms with Crippen LogP contribution in [-0.4, -0.2) is 60.2 Å². The zero-order valence-electron chi connectivity index (χ0n) is 34.4. The van der Waals surface area contributed by atoms with Gasteiger partial charge in [-0.05, 0) is 92.0 Å². The molecule has 10 nitrogen and oxygen atoms in total. The van der Waals surface area contributed by atoms with Crippen molar-refractivity contribution in [1.82, 2.24) is 9.13 Å². The van der Waals surface area contributed by atoms with Gasteiger partial charge in [0.1, 0.15) is 11.5 Å². The number of esters is 1. The van der Waals surface area contributed by atoms with Crippen molar-refractivity contribution in [1.29, 1.82) is 0 Å². The predicted octanol–water partition coefficient (Wildman–Crippen LogP) is 10.5. The molecule has 60 heavy (non-hydrogen) atoms. The van der Waals surface area contributed by atoms with E-state index >= 15 is 0 Å². The molecule has 0 aliphatic heterocycles. The Labute approximate surface area is 360 Å². The van der Waals surface area contributed by atoms with Crippen molar-refractivity contribution in [3.63, 3.8) is 0 Å². The summed E-state index contributed by atoms with van der Waals surface area (Å²) in [7, 11) is 3.26. The summed E-state index contributed by atoms with van der Waals surface area (Å²) < 4.78 is 32.9. The Balaban J connectivity index is 0.000000182. The second-order valence-electron chi connectivity index (χ2n) is 15.0. The molecule has 0 saturated heterocycles. The number of methoxy groups -OCH3 is 2. The van der Waals surface area contributed by atoms with Crippen LogP contribution in [0.25, 0.3) is 21.8 Å². The molecule has 1 N–H and O–H groups in total. The number of carboxylic acid groups (broad SMARTS) is 1. The van der Waals surface area contributed by atoms with Crippen molar-refractivity contribution in [2.75, 3.05) is 34.0 Å². The van der Waals surface area contributed by atoms with E-state index in [2.05, 4.69) is 21.3 Å². The average molecular weight is 856 g/mol. The topological polar surface area (TPSA) is 110 Å². The van der Waals surface area contributed by atoms with Gasteiger partial charge < -0.3 is 37.9 Å². The molecule has 316 valence electrons. The molecule has 6 aromatic rings. The quantitative estimate of drug-likeness (QED) is 0.0803. The van der Waals surface area contributed by atoms with Crippen molar-refractivity contribution in [3.05, 3.63) is 129 Å². The minimum Gasteiger partial charge on any atom is -0.496 e. The number of halogens is 2. The van der Waals surface area contributed by atoms with E-state index in [1.54, 1.807) is 14.2 Å². The van der Waals surface area contributed by atoms with E-state index in [0.717, 1.165) is 93.3 Å². The number of carbonyl (C=O) groups excluding carboxylic acids is 1. The number of carboxylic acids is 1. The van der Waals surface area contributed by atoms with Gasteiger partial charge in [0, 0.05) is 35.2 Å². The van der Waals surface area contributed by atoms with Gasteiger partial charge in [-0.25, -0.2) is 0 Å². The first-order valence-corrected chi connectivity index (χ1v) is 21.4. The number of benzene rings is 4. The van der Waals surface area contributed by atoms with Crippen LogP contribution in [0.15, 0.2) is 84.9 Å². The number of hydrogen-bond acceptors (Lipinski definition) is 7. The second kappa shape index (κ2) is 20.0. The highest BCUT2D eigenvalue weighted by Crippen LogP contribution is 2.47. The molecule has 0 radical (unpaired) electrons. The van der Waals surface area contributed by atoms with Crippen LogP contribution < -0.4 is 9.47 Å². The monoisotopic (exact) mass is 854 g/mol. The molecule has 2 aliphatic rings. The number of aromatic nitrogens is 2. The number of nitrogens with zero attached hydrogens (tertiary/aromatic N) is 2. The van der Waals surface area contributed by atoms with E-state index < -0.39 is 11.9 Å². The molecule has 0 bridgehead atoms. The van der Waals surface area contributed by atoms with Crippen LogP contribution in [0.3, 0.4) is 0 Å². The van der Waals surface area contributed by atoms with Crippen molar-refractivity contribution >= 4 is 56.9 Å². The SMILES string of the molecule is CCOC(=O)C1CCCc2c1c1c(OC)ccc(Cl)c1n2CCOCc1ccccc1.COc1ccc(Cl)c2c1c1c(n2CCOCc2ccccc2)CCCC1C(=O)O. The van der Waals surface area contributed by atoms with Gasteiger partial charge in [-0.2, -0.15) is 0 Å². The van der Waals surface area contributed by atoms with E-state index in [9.17, 15) is 14.7 Å². The Morgan fingerprint density at radius 3 is 1.55 bits per heavy atom. The van der Waals surface area contributed by atoms with Crippen molar-refractivity contribution < 1.29 is 38.4 Å². The molecule has 2 atom stereocenters. The minimum atomic E-state index is -0.799. The molecule has 0 spiro atoms. The maximum absolute atomic E-state index is 12.8. The lowest BCUT2D eigenvalue weighted by Gasteiger charge is -2.23. The summed E-state index contributed by atoms with van der Waals surface area (Å²) in [6, 6.07) is 27.5. The number of rotatable bonds is 15. The highest BCUT2D eigenvalue weighted by molar-refractivity contribution is 6.36. The molecule has 0 amide bonds. The first kappa shape index (κ1) is 43.1. The van der Waals surface area contributed by atoms with E-state index in [0.29, 0.717) is 68.3 Å². The van der Waals surface area contributed by atoms with E-state index in [1.807, 2.05) is 79.7 Å². The minimum absolute atomic E-state index is 0.176. The normalized spacial score (nSPS) is 15.8. The zero-order valence-corrected chi connectivity index (χ0v) is 35.9. The third-order valence-electron chi connectivity index (χ3n) is 11.5. The molecule has 2 aliphatic carbocycles. The summed E-state index contributed by atoms with van der Waals surface area (Å²) in [5.74, 6) is -0.420. The number of hydrogen-bond donors (Lipinski definition) is 1.